The number of piperidine rings is 1. The lowest BCUT2D eigenvalue weighted by molar-refractivity contribution is -0.130. The minimum absolute atomic E-state index is 0.0981. The van der Waals surface area contributed by atoms with E-state index >= 15 is 0 Å². The molecule has 0 spiro atoms. The molecule has 1 amide bonds. The van der Waals surface area contributed by atoms with Crippen LogP contribution in [0.4, 0.5) is 0 Å². The number of hydrogen-bond donors (Lipinski definition) is 1. The van der Waals surface area contributed by atoms with Crippen molar-refractivity contribution in [3.05, 3.63) is 34.9 Å². The summed E-state index contributed by atoms with van der Waals surface area (Å²) in [6.45, 7) is 4.63. The summed E-state index contributed by atoms with van der Waals surface area (Å²) in [7, 11) is 0. The van der Waals surface area contributed by atoms with Crippen LogP contribution in [0.5, 0.6) is 0 Å². The van der Waals surface area contributed by atoms with Gasteiger partial charge in [-0.25, -0.2) is 0 Å². The molecule has 2 N–H and O–H groups in total. The van der Waals surface area contributed by atoms with E-state index in [0.29, 0.717) is 35.6 Å². The third-order valence-corrected chi connectivity index (χ3v) is 7.72. The van der Waals surface area contributed by atoms with Crippen molar-refractivity contribution in [2.45, 2.75) is 56.9 Å². The fraction of sp³-hybridized carbons (Fsp3) is 0.636. The molecule has 0 aromatic heterocycles. The van der Waals surface area contributed by atoms with Crippen LogP contribution < -0.4 is 5.73 Å². The largest absolute Gasteiger partial charge is 0.366 e. The molecule has 4 unspecified atom stereocenters. The lowest BCUT2D eigenvalue weighted by Crippen LogP contribution is -2.65. The Morgan fingerprint density at radius 1 is 1.31 bits per heavy atom. The van der Waals surface area contributed by atoms with Gasteiger partial charge in [0, 0.05) is 43.0 Å². The van der Waals surface area contributed by atoms with Gasteiger partial charge in [0.2, 0.25) is 5.91 Å². The van der Waals surface area contributed by atoms with Crippen LogP contribution in [-0.4, -0.2) is 35.7 Å². The second kappa shape index (κ2) is 5.66. The lowest BCUT2D eigenvalue weighted by atomic mass is 9.48. The van der Waals surface area contributed by atoms with E-state index in [9.17, 15) is 9.59 Å². The zero-order valence-corrected chi connectivity index (χ0v) is 15.5. The summed E-state index contributed by atoms with van der Waals surface area (Å²) in [6, 6.07) is 6.54. The van der Waals surface area contributed by atoms with Gasteiger partial charge in [0.15, 0.2) is 0 Å². The highest BCUT2D eigenvalue weighted by Gasteiger charge is 2.58. The molecular formula is C22H28N2O2. The Morgan fingerprint density at radius 2 is 2.12 bits per heavy atom. The van der Waals surface area contributed by atoms with Crippen LogP contribution in [0.3, 0.4) is 0 Å². The molecular weight excluding hydrogens is 324 g/mol. The molecule has 2 saturated carbocycles. The van der Waals surface area contributed by atoms with Crippen LogP contribution in [0.2, 0.25) is 0 Å². The minimum Gasteiger partial charge on any atom is -0.366 e. The van der Waals surface area contributed by atoms with Gasteiger partial charge < -0.3 is 5.73 Å². The van der Waals surface area contributed by atoms with Crippen LogP contribution in [0.15, 0.2) is 18.2 Å². The second-order valence-corrected chi connectivity index (χ2v) is 9.21. The van der Waals surface area contributed by atoms with Crippen molar-refractivity contribution < 1.29 is 9.59 Å². The SMILES string of the molecule is CC1CN(CC2CC2)C2Cc3ccc(C(N)=O)cc3C13CC(=O)CCC23. The Bertz CT molecular complexity index is 784. The first-order chi connectivity index (χ1) is 12.5. The summed E-state index contributed by atoms with van der Waals surface area (Å²) in [4.78, 5) is 27.1. The van der Waals surface area contributed by atoms with Gasteiger partial charge >= 0.3 is 0 Å². The number of carbonyl (C=O) groups excluding carboxylic acids is 2. The molecule has 5 rings (SSSR count). The predicted molar refractivity (Wildman–Crippen MR) is 99.9 cm³/mol. The van der Waals surface area contributed by atoms with Crippen molar-refractivity contribution in [1.82, 2.24) is 4.90 Å². The maximum absolute atomic E-state index is 12.6. The molecule has 3 aliphatic carbocycles. The summed E-state index contributed by atoms with van der Waals surface area (Å²) in [6.07, 6.45) is 6.16. The number of Topliss-reactive ketones (excluding diaryl/α,β-unsaturated/α-hetero) is 1. The number of nitrogens with zero attached hydrogens (tertiary/aromatic N) is 1. The van der Waals surface area contributed by atoms with E-state index in [1.165, 1.54) is 30.5 Å². The highest BCUT2D eigenvalue weighted by Crippen LogP contribution is 2.57. The first-order valence-electron chi connectivity index (χ1n) is 10.2. The van der Waals surface area contributed by atoms with E-state index in [0.717, 1.165) is 31.7 Å². The van der Waals surface area contributed by atoms with Gasteiger partial charge in [-0.3, -0.25) is 14.5 Å². The Hall–Kier alpha value is -1.68. The van der Waals surface area contributed by atoms with Gasteiger partial charge in [0.25, 0.3) is 0 Å². The fourth-order valence-electron chi connectivity index (χ4n) is 6.34. The second-order valence-electron chi connectivity index (χ2n) is 9.21. The van der Waals surface area contributed by atoms with E-state index in [1.807, 2.05) is 12.1 Å². The molecule has 4 atom stereocenters. The number of likely N-dealkylation sites (tertiary alicyclic amines) is 1. The summed E-state index contributed by atoms with van der Waals surface area (Å²) >= 11 is 0. The summed E-state index contributed by atoms with van der Waals surface area (Å²) < 4.78 is 0. The number of benzene rings is 1. The summed E-state index contributed by atoms with van der Waals surface area (Å²) in [5, 5.41) is 0. The zero-order valence-electron chi connectivity index (χ0n) is 15.5. The maximum atomic E-state index is 12.6. The molecule has 1 aliphatic heterocycles. The number of ketones is 1. The molecule has 1 heterocycles. The average Bonchev–Trinajstić information content (AvgIpc) is 3.42. The number of primary amides is 1. The maximum Gasteiger partial charge on any atom is 0.248 e. The number of hydrogen-bond acceptors (Lipinski definition) is 3. The summed E-state index contributed by atoms with van der Waals surface area (Å²) in [5.41, 5.74) is 8.64. The van der Waals surface area contributed by atoms with Gasteiger partial charge in [-0.05, 0) is 66.7 Å². The molecule has 26 heavy (non-hydrogen) atoms. The van der Waals surface area contributed by atoms with Crippen molar-refractivity contribution >= 4 is 11.7 Å². The zero-order chi connectivity index (χ0) is 18.1. The smallest absolute Gasteiger partial charge is 0.248 e. The van der Waals surface area contributed by atoms with Crippen molar-refractivity contribution in [3.8, 4) is 0 Å². The number of nitrogens with two attached hydrogens (primary N) is 1. The van der Waals surface area contributed by atoms with Crippen LogP contribution in [0, 0.1) is 17.8 Å². The van der Waals surface area contributed by atoms with Gasteiger partial charge in [0.1, 0.15) is 5.78 Å². The topological polar surface area (TPSA) is 63.4 Å². The molecule has 4 nitrogen and oxygen atoms in total. The van der Waals surface area contributed by atoms with E-state index in [2.05, 4.69) is 17.9 Å². The molecule has 3 fully saturated rings. The fourth-order valence-corrected chi connectivity index (χ4v) is 6.34. The van der Waals surface area contributed by atoms with E-state index in [1.54, 1.807) is 0 Å². The third kappa shape index (κ3) is 2.31. The molecule has 4 aliphatic rings. The van der Waals surface area contributed by atoms with Crippen LogP contribution >= 0.6 is 0 Å². The Kier molecular flexibility index (Phi) is 3.59. The Balaban J connectivity index is 1.64. The standard InChI is InChI=1S/C22H28N2O2/c1-13-11-24(12-14-2-3-14)20-9-15-4-5-16(21(23)26)8-19(15)22(13)10-17(25)6-7-18(20)22/h4-5,8,13-14,18,20H,2-3,6-7,9-12H2,1H3,(H2,23,26). The first kappa shape index (κ1) is 16.5. The minimum atomic E-state index is -0.371. The number of amides is 1. The molecule has 1 saturated heterocycles. The van der Waals surface area contributed by atoms with E-state index in [-0.39, 0.29) is 11.3 Å². The molecule has 1 aromatic carbocycles. The predicted octanol–water partition coefficient (Wildman–Crippen LogP) is 2.68. The normalized spacial score (nSPS) is 36.3. The highest BCUT2D eigenvalue weighted by atomic mass is 16.1. The van der Waals surface area contributed by atoms with Gasteiger partial charge in [0.05, 0.1) is 0 Å². The Morgan fingerprint density at radius 3 is 2.85 bits per heavy atom. The quantitative estimate of drug-likeness (QED) is 0.910. The van der Waals surface area contributed by atoms with Gasteiger partial charge in [-0.1, -0.05) is 13.0 Å². The third-order valence-electron chi connectivity index (χ3n) is 7.72. The van der Waals surface area contributed by atoms with Gasteiger partial charge in [-0.15, -0.1) is 0 Å². The van der Waals surface area contributed by atoms with Crippen molar-refractivity contribution in [2.24, 2.45) is 23.5 Å². The number of carbonyl (C=O) groups is 2. The van der Waals surface area contributed by atoms with Crippen LogP contribution in [0.1, 0.15) is 60.5 Å². The van der Waals surface area contributed by atoms with E-state index < -0.39 is 0 Å². The average molecular weight is 352 g/mol. The number of fused-ring (bicyclic) bond motifs is 1. The first-order valence-corrected chi connectivity index (χ1v) is 10.2. The van der Waals surface area contributed by atoms with Crippen molar-refractivity contribution in [3.63, 3.8) is 0 Å². The molecule has 1 aromatic rings. The summed E-state index contributed by atoms with van der Waals surface area (Å²) in [5.74, 6) is 1.86. The highest BCUT2D eigenvalue weighted by molar-refractivity contribution is 5.93. The number of rotatable bonds is 3. The monoisotopic (exact) mass is 352 g/mol. The molecule has 138 valence electrons. The lowest BCUT2D eigenvalue weighted by Gasteiger charge is -2.61. The van der Waals surface area contributed by atoms with E-state index in [4.69, 9.17) is 5.73 Å². The molecule has 2 bridgehead atoms. The van der Waals surface area contributed by atoms with Gasteiger partial charge in [-0.2, -0.15) is 0 Å². The van der Waals surface area contributed by atoms with Crippen LogP contribution in [-0.2, 0) is 16.6 Å². The van der Waals surface area contributed by atoms with Crippen molar-refractivity contribution in [2.75, 3.05) is 13.1 Å². The van der Waals surface area contributed by atoms with Crippen molar-refractivity contribution in [1.29, 1.82) is 0 Å². The Labute approximate surface area is 155 Å². The molecule has 0 radical (unpaired) electrons. The van der Waals surface area contributed by atoms with Crippen LogP contribution in [0.25, 0.3) is 0 Å². The molecule has 4 heteroatoms.